The minimum Gasteiger partial charge on any atom is -0.507 e. The molecule has 0 spiro atoms. The van der Waals surface area contributed by atoms with Gasteiger partial charge in [0.25, 0.3) is 0 Å². The summed E-state index contributed by atoms with van der Waals surface area (Å²) >= 11 is 14.1. The van der Waals surface area contributed by atoms with Crippen LogP contribution in [0.2, 0.25) is 0 Å². The fraction of sp³-hybridized carbons (Fsp3) is 0. The molecule has 276 valence electrons. The van der Waals surface area contributed by atoms with Crippen LogP contribution in [0.3, 0.4) is 0 Å². The predicted molar refractivity (Wildman–Crippen MR) is 231 cm³/mol. The smallest absolute Gasteiger partial charge is 0.129 e. The summed E-state index contributed by atoms with van der Waals surface area (Å²) in [6, 6.07) is 38.0. The highest BCUT2D eigenvalue weighted by molar-refractivity contribution is 9.11. The Balaban J connectivity index is 1.44. The average molecular weight is 996 g/mol. The van der Waals surface area contributed by atoms with Crippen molar-refractivity contribution < 1.29 is 20.4 Å². The Kier molecular flexibility index (Phi) is 9.24. The molecule has 8 nitrogen and oxygen atoms in total. The van der Waals surface area contributed by atoms with E-state index in [-0.39, 0.29) is 23.0 Å². The number of aromatic amines is 4. The van der Waals surface area contributed by atoms with E-state index in [4.69, 9.17) is 0 Å². The fourth-order valence-corrected chi connectivity index (χ4v) is 8.74. The quantitative estimate of drug-likeness (QED) is 0.0901. The first-order chi connectivity index (χ1) is 27.0. The third-order valence-corrected chi connectivity index (χ3v) is 12.4. The molecule has 0 amide bonds. The largest absolute Gasteiger partial charge is 0.507 e. The minimum atomic E-state index is 0.130. The van der Waals surface area contributed by atoms with Crippen LogP contribution in [0, 0.1) is 0 Å². The van der Waals surface area contributed by atoms with Crippen LogP contribution < -0.4 is 21.4 Å². The Morgan fingerprint density at radius 1 is 0.286 bits per heavy atom. The van der Waals surface area contributed by atoms with Gasteiger partial charge in [-0.15, -0.1) is 0 Å². The van der Waals surface area contributed by atoms with Crippen molar-refractivity contribution in [2.45, 2.75) is 0 Å². The summed E-state index contributed by atoms with van der Waals surface area (Å²) in [5.41, 5.74) is 10.1. The molecule has 1 aliphatic heterocycles. The van der Waals surface area contributed by atoms with E-state index in [2.05, 4.69) is 83.7 Å². The van der Waals surface area contributed by atoms with Crippen LogP contribution in [0.25, 0.3) is 22.3 Å². The van der Waals surface area contributed by atoms with Crippen LogP contribution in [-0.4, -0.2) is 40.4 Å². The summed E-state index contributed by atoms with van der Waals surface area (Å²) in [6.45, 7) is 0. The number of hydrogen-bond donors (Lipinski definition) is 8. The number of benzene rings is 4. The number of halogens is 4. The van der Waals surface area contributed by atoms with E-state index >= 15 is 0 Å². The number of aromatic nitrogens is 4. The number of H-pyrrole nitrogens is 4. The van der Waals surface area contributed by atoms with E-state index in [1.165, 1.54) is 0 Å². The molecule has 56 heavy (non-hydrogen) atoms. The molecule has 5 heterocycles. The Hall–Kier alpha value is -5.40. The lowest BCUT2D eigenvalue weighted by Gasteiger charge is -2.11. The standard InChI is InChI=1S/C44H28Br4N4O4/c45-25-17-21(1-13-37(25)53)41-29-5-7-31(49-29)42(22-2-14-38(54)26(46)18-22)33-9-11-35(51-33)44(24-4-16-40(56)28(48)20-24)36-12-10-34(52-36)43(32-8-6-30(41)50-32)23-3-15-39(55)27(47)19-23/h1-20,49-56H. The van der Waals surface area contributed by atoms with Crippen LogP contribution in [0.1, 0.15) is 45.0 Å². The maximum atomic E-state index is 10.5. The van der Waals surface area contributed by atoms with Gasteiger partial charge in [0.15, 0.2) is 0 Å². The molecule has 0 saturated carbocycles. The molecular weight excluding hydrogens is 968 g/mol. The Morgan fingerprint density at radius 2 is 0.518 bits per heavy atom. The summed E-state index contributed by atoms with van der Waals surface area (Å²) in [7, 11) is 0. The van der Waals surface area contributed by atoms with Crippen molar-refractivity contribution in [3.63, 3.8) is 0 Å². The van der Waals surface area contributed by atoms with Gasteiger partial charge in [-0.1, -0.05) is 24.3 Å². The van der Waals surface area contributed by atoms with E-state index in [0.29, 0.717) is 17.9 Å². The third kappa shape index (κ3) is 6.46. The molecule has 0 aliphatic carbocycles. The molecule has 12 heteroatoms. The number of fused-ring (bicyclic) bond motifs is 8. The highest BCUT2D eigenvalue weighted by Gasteiger charge is 2.20. The number of aromatic hydroxyl groups is 4. The van der Waals surface area contributed by atoms with Gasteiger partial charge in [0.2, 0.25) is 0 Å². The summed E-state index contributed by atoms with van der Waals surface area (Å²) in [5.74, 6) is 0.518. The van der Waals surface area contributed by atoms with Crippen molar-refractivity contribution in [2.75, 3.05) is 0 Å². The normalized spacial score (nSPS) is 12.8. The van der Waals surface area contributed by atoms with Crippen LogP contribution in [0.15, 0.2) is 139 Å². The summed E-state index contributed by atoms with van der Waals surface area (Å²) in [5, 5.41) is 45.1. The summed E-state index contributed by atoms with van der Waals surface area (Å²) < 4.78 is 2.23. The molecule has 0 unspecified atom stereocenters. The van der Waals surface area contributed by atoms with Gasteiger partial charge in [-0.05, 0) is 183 Å². The van der Waals surface area contributed by atoms with E-state index in [1.807, 2.05) is 97.1 Å². The van der Waals surface area contributed by atoms with Crippen molar-refractivity contribution in [3.05, 3.63) is 206 Å². The number of phenols is 4. The number of hydrogen-bond acceptors (Lipinski definition) is 4. The molecule has 0 radical (unpaired) electrons. The van der Waals surface area contributed by atoms with E-state index in [9.17, 15) is 20.4 Å². The molecule has 4 aromatic carbocycles. The molecule has 0 saturated heterocycles. The van der Waals surface area contributed by atoms with Gasteiger partial charge < -0.3 is 40.4 Å². The molecule has 1 aliphatic rings. The van der Waals surface area contributed by atoms with Crippen LogP contribution in [-0.2, 0) is 0 Å². The SMILES string of the molecule is Oc1ccc(C2=c3ccc([nH]3)=C(c3ccc(O)c(Br)c3)c3ccc([nH]3)C(c3ccc(O)c(Br)c3)=c3ccc([nH]3)=C(c3ccc(O)c(Br)c3)c3ccc2[nH]3)cc1Br. The van der Waals surface area contributed by atoms with Gasteiger partial charge in [-0.2, -0.15) is 0 Å². The highest BCUT2D eigenvalue weighted by Crippen LogP contribution is 2.35. The molecule has 0 atom stereocenters. The number of rotatable bonds is 4. The number of nitrogens with one attached hydrogen (secondary N) is 4. The first kappa shape index (κ1) is 36.3. The third-order valence-electron chi connectivity index (χ3n) is 9.84. The van der Waals surface area contributed by atoms with E-state index in [1.54, 1.807) is 24.3 Å². The summed E-state index contributed by atoms with van der Waals surface area (Å²) in [4.78, 5) is 14.9. The van der Waals surface area contributed by atoms with Crippen LogP contribution in [0.5, 0.6) is 23.0 Å². The van der Waals surface area contributed by atoms with Crippen molar-refractivity contribution >= 4 is 86.0 Å². The predicted octanol–water partition coefficient (Wildman–Crippen LogP) is 8.17. The lowest BCUT2D eigenvalue weighted by Crippen LogP contribution is -2.19. The lowest BCUT2D eigenvalue weighted by atomic mass is 10.0. The van der Waals surface area contributed by atoms with Gasteiger partial charge in [0.05, 0.1) is 17.9 Å². The zero-order chi connectivity index (χ0) is 38.8. The number of phenolic OH excluding ortho intramolecular Hbond substituents is 4. The van der Waals surface area contributed by atoms with Crippen molar-refractivity contribution in [1.29, 1.82) is 0 Å². The van der Waals surface area contributed by atoms with Gasteiger partial charge in [0.1, 0.15) is 23.0 Å². The zero-order valence-corrected chi connectivity index (χ0v) is 35.2. The molecule has 4 aromatic heterocycles. The van der Waals surface area contributed by atoms with Gasteiger partial charge >= 0.3 is 0 Å². The van der Waals surface area contributed by atoms with Crippen LogP contribution in [0.4, 0.5) is 0 Å². The highest BCUT2D eigenvalue weighted by atomic mass is 79.9. The van der Waals surface area contributed by atoms with Crippen molar-refractivity contribution in [3.8, 4) is 23.0 Å². The lowest BCUT2D eigenvalue weighted by molar-refractivity contribution is 0.471. The average Bonchev–Trinajstić information content (AvgIpc) is 4.02. The first-order valence-corrected chi connectivity index (χ1v) is 20.4. The molecule has 8 N–H and O–H groups in total. The monoisotopic (exact) mass is 992 g/mol. The second-order valence-electron chi connectivity index (χ2n) is 13.3. The first-order valence-electron chi connectivity index (χ1n) is 17.2. The fourth-order valence-electron chi connectivity index (χ4n) is 7.22. The molecule has 8 bridgehead atoms. The van der Waals surface area contributed by atoms with Crippen LogP contribution >= 0.6 is 63.7 Å². The topological polar surface area (TPSA) is 144 Å². The zero-order valence-electron chi connectivity index (χ0n) is 28.8. The molecule has 0 fully saturated rings. The maximum Gasteiger partial charge on any atom is 0.129 e. The molecule has 8 aromatic rings. The second-order valence-corrected chi connectivity index (χ2v) is 16.7. The maximum absolute atomic E-state index is 10.5. The molecule has 9 rings (SSSR count). The van der Waals surface area contributed by atoms with E-state index in [0.717, 1.165) is 88.7 Å². The Bertz CT molecular complexity index is 2740. The minimum absolute atomic E-state index is 0.130. The summed E-state index contributed by atoms with van der Waals surface area (Å²) in [6.07, 6.45) is 0. The van der Waals surface area contributed by atoms with Crippen molar-refractivity contribution in [1.82, 2.24) is 19.9 Å². The Morgan fingerprint density at radius 3 is 0.732 bits per heavy atom. The van der Waals surface area contributed by atoms with E-state index < -0.39 is 0 Å². The second kappa shape index (κ2) is 14.3. The van der Waals surface area contributed by atoms with Gasteiger partial charge in [-0.25, -0.2) is 0 Å². The van der Waals surface area contributed by atoms with Crippen molar-refractivity contribution in [2.24, 2.45) is 0 Å². The molecular formula is C44H28Br4N4O4. The Labute approximate surface area is 352 Å². The van der Waals surface area contributed by atoms with Gasteiger partial charge in [-0.3, -0.25) is 0 Å². The van der Waals surface area contributed by atoms with Gasteiger partial charge in [0, 0.05) is 66.5 Å².